The summed E-state index contributed by atoms with van der Waals surface area (Å²) in [5, 5.41) is 4.99. The third-order valence-electron chi connectivity index (χ3n) is 1.90. The van der Waals surface area contributed by atoms with Crippen molar-refractivity contribution in [1.82, 2.24) is 15.0 Å². The van der Waals surface area contributed by atoms with Crippen molar-refractivity contribution in [1.29, 1.82) is 0 Å². The Bertz CT molecular complexity index is 452. The van der Waals surface area contributed by atoms with Crippen LogP contribution in [0.2, 0.25) is 0 Å². The van der Waals surface area contributed by atoms with Crippen LogP contribution in [0.5, 0.6) is 0 Å². The summed E-state index contributed by atoms with van der Waals surface area (Å²) in [5.74, 6) is 1.60. The van der Waals surface area contributed by atoms with Crippen molar-refractivity contribution < 1.29 is 0 Å². The van der Waals surface area contributed by atoms with Gasteiger partial charge in [-0.3, -0.25) is 4.98 Å². The van der Waals surface area contributed by atoms with Gasteiger partial charge in [0.2, 0.25) is 0 Å². The molecule has 0 spiro atoms. The molecule has 1 N–H and O–H groups in total. The minimum atomic E-state index is 0.791. The molecule has 2 heterocycles. The molecule has 4 nitrogen and oxygen atoms in total. The lowest BCUT2D eigenvalue weighted by Crippen LogP contribution is -1.95. The van der Waals surface area contributed by atoms with Gasteiger partial charge in [-0.05, 0) is 6.92 Å². The smallest absolute Gasteiger partial charge is 0.150 e. The lowest BCUT2D eigenvalue weighted by molar-refractivity contribution is 1.09. The number of hydrogen-bond donors (Lipinski definition) is 1. The summed E-state index contributed by atoms with van der Waals surface area (Å²) < 4.78 is 1.08. The summed E-state index contributed by atoms with van der Waals surface area (Å²) >= 11 is 3.36. The summed E-state index contributed by atoms with van der Waals surface area (Å²) in [7, 11) is 1.83. The van der Waals surface area contributed by atoms with Gasteiger partial charge >= 0.3 is 0 Å². The van der Waals surface area contributed by atoms with Crippen molar-refractivity contribution in [3.8, 4) is 0 Å². The number of thiazole rings is 1. The van der Waals surface area contributed by atoms with Crippen LogP contribution < -0.4 is 5.32 Å². The SMILES string of the molecule is CNc1cnc(CSc2nc(C)cs2)cn1. The molecule has 16 heavy (non-hydrogen) atoms. The van der Waals surface area contributed by atoms with Crippen molar-refractivity contribution in [3.05, 3.63) is 29.2 Å². The first-order valence-corrected chi connectivity index (χ1v) is 6.68. The molecular formula is C10H12N4S2. The maximum absolute atomic E-state index is 4.38. The Balaban J connectivity index is 1.94. The Morgan fingerprint density at radius 3 is 2.81 bits per heavy atom. The third kappa shape index (κ3) is 2.93. The van der Waals surface area contributed by atoms with Gasteiger partial charge in [-0.25, -0.2) is 9.97 Å². The maximum Gasteiger partial charge on any atom is 0.150 e. The molecule has 0 bridgehead atoms. The van der Waals surface area contributed by atoms with Crippen molar-refractivity contribution in [3.63, 3.8) is 0 Å². The predicted octanol–water partition coefficient (Wildman–Crippen LogP) is 2.58. The van der Waals surface area contributed by atoms with Crippen molar-refractivity contribution >= 4 is 28.9 Å². The van der Waals surface area contributed by atoms with E-state index in [1.54, 1.807) is 35.5 Å². The third-order valence-corrected chi connectivity index (χ3v) is 4.08. The Labute approximate surface area is 103 Å². The minimum absolute atomic E-state index is 0.791. The Morgan fingerprint density at radius 2 is 2.25 bits per heavy atom. The molecule has 0 fully saturated rings. The highest BCUT2D eigenvalue weighted by atomic mass is 32.2. The van der Waals surface area contributed by atoms with E-state index in [-0.39, 0.29) is 0 Å². The predicted molar refractivity (Wildman–Crippen MR) is 68.0 cm³/mol. The standard InChI is InChI=1S/C10H12N4S2/c1-7-5-15-10(14-7)16-6-8-3-13-9(11-2)4-12-8/h3-5H,6H2,1-2H3,(H,11,13). The van der Waals surface area contributed by atoms with E-state index >= 15 is 0 Å². The van der Waals surface area contributed by atoms with Crippen LogP contribution in [0.4, 0.5) is 5.82 Å². The number of aromatic nitrogens is 3. The van der Waals surface area contributed by atoms with Gasteiger partial charge in [0.05, 0.1) is 18.1 Å². The zero-order valence-electron chi connectivity index (χ0n) is 9.10. The molecule has 0 unspecified atom stereocenters. The number of nitrogens with zero attached hydrogens (tertiary/aromatic N) is 3. The van der Waals surface area contributed by atoms with Crippen LogP contribution in [-0.4, -0.2) is 22.0 Å². The summed E-state index contributed by atoms with van der Waals surface area (Å²) in [5.41, 5.74) is 2.04. The topological polar surface area (TPSA) is 50.7 Å². The van der Waals surface area contributed by atoms with Gasteiger partial charge < -0.3 is 5.32 Å². The second-order valence-corrected chi connectivity index (χ2v) is 5.27. The van der Waals surface area contributed by atoms with Crippen LogP contribution in [0, 0.1) is 6.92 Å². The number of aryl methyl sites for hydroxylation is 1. The highest BCUT2D eigenvalue weighted by Gasteiger charge is 2.02. The van der Waals surface area contributed by atoms with Gasteiger partial charge in [0.15, 0.2) is 0 Å². The molecule has 0 saturated carbocycles. The molecule has 0 saturated heterocycles. The van der Waals surface area contributed by atoms with Gasteiger partial charge in [-0.15, -0.1) is 11.3 Å². The summed E-state index contributed by atoms with van der Waals surface area (Å²) in [6.07, 6.45) is 3.53. The largest absolute Gasteiger partial charge is 0.372 e. The molecule has 84 valence electrons. The second-order valence-electron chi connectivity index (χ2n) is 3.19. The van der Waals surface area contributed by atoms with Crippen LogP contribution in [-0.2, 0) is 5.75 Å². The molecule has 6 heteroatoms. The Kier molecular flexibility index (Phi) is 3.74. The molecule has 0 amide bonds. The fraction of sp³-hybridized carbons (Fsp3) is 0.300. The average Bonchev–Trinajstić information content (AvgIpc) is 2.73. The lowest BCUT2D eigenvalue weighted by Gasteiger charge is -2.00. The summed E-state index contributed by atoms with van der Waals surface area (Å²) in [6.45, 7) is 2.00. The van der Waals surface area contributed by atoms with E-state index in [1.165, 1.54) is 0 Å². The minimum Gasteiger partial charge on any atom is -0.372 e. The average molecular weight is 252 g/mol. The zero-order valence-corrected chi connectivity index (χ0v) is 10.7. The van der Waals surface area contributed by atoms with Crippen molar-refractivity contribution in [2.75, 3.05) is 12.4 Å². The maximum atomic E-state index is 4.38. The van der Waals surface area contributed by atoms with Crippen LogP contribution in [0.15, 0.2) is 22.1 Å². The first kappa shape index (κ1) is 11.3. The fourth-order valence-electron chi connectivity index (χ4n) is 1.09. The van der Waals surface area contributed by atoms with Gasteiger partial charge in [0.1, 0.15) is 10.2 Å². The molecule has 0 aliphatic rings. The molecule has 2 aromatic rings. The molecule has 0 aliphatic heterocycles. The number of thioether (sulfide) groups is 1. The molecule has 0 radical (unpaired) electrons. The van der Waals surface area contributed by atoms with E-state index in [2.05, 4.69) is 25.6 Å². The van der Waals surface area contributed by atoms with E-state index in [1.807, 2.05) is 14.0 Å². The lowest BCUT2D eigenvalue weighted by atomic mass is 10.5. The second kappa shape index (κ2) is 5.27. The number of anilines is 1. The molecule has 2 aromatic heterocycles. The van der Waals surface area contributed by atoms with E-state index in [0.29, 0.717) is 0 Å². The molecule has 2 rings (SSSR count). The Morgan fingerprint density at radius 1 is 1.38 bits per heavy atom. The van der Waals surface area contributed by atoms with Crippen molar-refractivity contribution in [2.24, 2.45) is 0 Å². The Hall–Kier alpha value is -1.14. The molecule has 0 atom stereocenters. The van der Waals surface area contributed by atoms with Crippen LogP contribution in [0.1, 0.15) is 11.4 Å². The molecular weight excluding hydrogens is 240 g/mol. The van der Waals surface area contributed by atoms with E-state index in [4.69, 9.17) is 0 Å². The zero-order chi connectivity index (χ0) is 11.4. The van der Waals surface area contributed by atoms with Crippen LogP contribution in [0.25, 0.3) is 0 Å². The normalized spacial score (nSPS) is 10.4. The highest BCUT2D eigenvalue weighted by molar-refractivity contribution is 8.00. The van der Waals surface area contributed by atoms with Gasteiger partial charge in [-0.1, -0.05) is 11.8 Å². The summed E-state index contributed by atoms with van der Waals surface area (Å²) in [4.78, 5) is 12.9. The number of hydrogen-bond acceptors (Lipinski definition) is 6. The quantitative estimate of drug-likeness (QED) is 0.848. The van der Waals surface area contributed by atoms with Crippen LogP contribution in [0.3, 0.4) is 0 Å². The van der Waals surface area contributed by atoms with Crippen LogP contribution >= 0.6 is 23.1 Å². The van der Waals surface area contributed by atoms with E-state index in [9.17, 15) is 0 Å². The van der Waals surface area contributed by atoms with Crippen molar-refractivity contribution in [2.45, 2.75) is 17.0 Å². The van der Waals surface area contributed by atoms with E-state index < -0.39 is 0 Å². The highest BCUT2D eigenvalue weighted by Crippen LogP contribution is 2.25. The molecule has 0 aromatic carbocycles. The van der Waals surface area contributed by atoms with Gasteiger partial charge in [0, 0.05) is 23.9 Å². The first-order chi connectivity index (χ1) is 7.78. The monoisotopic (exact) mass is 252 g/mol. The number of rotatable bonds is 4. The molecule has 0 aliphatic carbocycles. The first-order valence-electron chi connectivity index (χ1n) is 4.81. The van der Waals surface area contributed by atoms with E-state index in [0.717, 1.165) is 27.3 Å². The summed E-state index contributed by atoms with van der Waals surface area (Å²) in [6, 6.07) is 0. The van der Waals surface area contributed by atoms with Gasteiger partial charge in [-0.2, -0.15) is 0 Å². The number of nitrogens with one attached hydrogen (secondary N) is 1. The van der Waals surface area contributed by atoms with Gasteiger partial charge in [0.25, 0.3) is 0 Å². The fourth-order valence-corrected chi connectivity index (χ4v) is 2.84.